The van der Waals surface area contributed by atoms with E-state index in [4.69, 9.17) is 18.9 Å². The average Bonchev–Trinajstić information content (AvgIpc) is 2.86. The summed E-state index contributed by atoms with van der Waals surface area (Å²) in [7, 11) is 3.65. The molecule has 0 N–H and O–H groups in total. The molecule has 3 atom stereocenters. The molecule has 0 aromatic rings. The Kier molecular flexibility index (Phi) is 5.62. The van der Waals surface area contributed by atoms with Crippen molar-refractivity contribution in [3.8, 4) is 0 Å². The fourth-order valence-corrected chi connectivity index (χ4v) is 3.88. The second-order valence-electron chi connectivity index (χ2n) is 6.04. The van der Waals surface area contributed by atoms with Crippen LogP contribution in [0.4, 0.5) is 0 Å². The molecule has 1 saturated heterocycles. The van der Waals surface area contributed by atoms with Crippen LogP contribution in [0.3, 0.4) is 0 Å². The van der Waals surface area contributed by atoms with E-state index in [1.807, 2.05) is 0 Å². The predicted molar refractivity (Wildman–Crippen MR) is 78.3 cm³/mol. The van der Waals surface area contributed by atoms with E-state index >= 15 is 0 Å². The number of hydrogen-bond acceptors (Lipinski definition) is 7. The van der Waals surface area contributed by atoms with Gasteiger partial charge in [-0.1, -0.05) is 25.7 Å². The van der Waals surface area contributed by atoms with Gasteiger partial charge in [-0.25, -0.2) is 14.4 Å². The summed E-state index contributed by atoms with van der Waals surface area (Å²) in [5.41, 5.74) is -1.88. The minimum Gasteiger partial charge on any atom is -0.467 e. The van der Waals surface area contributed by atoms with Crippen molar-refractivity contribution >= 4 is 17.9 Å². The summed E-state index contributed by atoms with van der Waals surface area (Å²) >= 11 is 0. The Hall–Kier alpha value is -1.63. The molecule has 0 bridgehead atoms. The van der Waals surface area contributed by atoms with E-state index in [9.17, 15) is 14.4 Å². The van der Waals surface area contributed by atoms with Gasteiger partial charge in [-0.2, -0.15) is 0 Å². The molecule has 0 aromatic heterocycles. The van der Waals surface area contributed by atoms with E-state index in [1.165, 1.54) is 21.3 Å². The summed E-state index contributed by atoms with van der Waals surface area (Å²) in [6.07, 6.45) is 4.18. The molecule has 2 rings (SSSR count). The van der Waals surface area contributed by atoms with Crippen molar-refractivity contribution < 1.29 is 33.3 Å². The van der Waals surface area contributed by atoms with E-state index in [-0.39, 0.29) is 5.92 Å². The molecule has 2 aliphatic rings. The highest BCUT2D eigenvalue weighted by atomic mass is 16.6. The first-order valence-electron chi connectivity index (χ1n) is 7.95. The topological polar surface area (TPSA) is 88.1 Å². The van der Waals surface area contributed by atoms with Gasteiger partial charge < -0.3 is 18.9 Å². The molecular weight excluding hydrogens is 304 g/mol. The smallest absolute Gasteiger partial charge is 0.350 e. The Morgan fingerprint density at radius 2 is 1.43 bits per heavy atom. The molecule has 23 heavy (non-hydrogen) atoms. The van der Waals surface area contributed by atoms with Crippen molar-refractivity contribution in [1.29, 1.82) is 0 Å². The molecular formula is C16H24O7. The Morgan fingerprint density at radius 1 is 0.870 bits per heavy atom. The zero-order valence-electron chi connectivity index (χ0n) is 13.8. The number of hydrogen-bond donors (Lipinski definition) is 0. The van der Waals surface area contributed by atoms with Gasteiger partial charge in [0.15, 0.2) is 6.10 Å². The monoisotopic (exact) mass is 328 g/mol. The van der Waals surface area contributed by atoms with Crippen LogP contribution in [0.15, 0.2) is 0 Å². The molecule has 1 heterocycles. The zero-order chi connectivity index (χ0) is 17.0. The number of carbonyl (C=O) groups is 3. The largest absolute Gasteiger partial charge is 0.467 e. The molecule has 1 aliphatic carbocycles. The molecule has 7 nitrogen and oxygen atoms in total. The quantitative estimate of drug-likeness (QED) is 0.437. The average molecular weight is 328 g/mol. The van der Waals surface area contributed by atoms with Crippen LogP contribution in [0.1, 0.15) is 38.5 Å². The van der Waals surface area contributed by atoms with Gasteiger partial charge in [0, 0.05) is 11.8 Å². The van der Waals surface area contributed by atoms with Crippen LogP contribution in [0.5, 0.6) is 0 Å². The van der Waals surface area contributed by atoms with E-state index in [0.29, 0.717) is 12.8 Å². The maximum absolute atomic E-state index is 12.4. The summed E-state index contributed by atoms with van der Waals surface area (Å²) in [6, 6.07) is 0. The van der Waals surface area contributed by atoms with Gasteiger partial charge in [0.25, 0.3) is 5.60 Å². The van der Waals surface area contributed by atoms with Gasteiger partial charge in [-0.05, 0) is 12.8 Å². The van der Waals surface area contributed by atoms with Crippen molar-refractivity contribution in [3.05, 3.63) is 0 Å². The third-order valence-corrected chi connectivity index (χ3v) is 4.95. The van der Waals surface area contributed by atoms with Gasteiger partial charge in [-0.15, -0.1) is 0 Å². The number of fused-ring (bicyclic) bond motifs is 1. The lowest BCUT2D eigenvalue weighted by atomic mass is 9.72. The zero-order valence-corrected chi connectivity index (χ0v) is 13.8. The predicted octanol–water partition coefficient (Wildman–Crippen LogP) is 1.23. The van der Waals surface area contributed by atoms with Crippen LogP contribution >= 0.6 is 0 Å². The van der Waals surface area contributed by atoms with Crippen molar-refractivity contribution in [1.82, 2.24) is 0 Å². The molecule has 130 valence electrons. The molecule has 0 radical (unpaired) electrons. The summed E-state index contributed by atoms with van der Waals surface area (Å²) in [5.74, 6) is -2.92. The van der Waals surface area contributed by atoms with Crippen molar-refractivity contribution in [2.24, 2.45) is 11.8 Å². The fraction of sp³-hybridized carbons (Fsp3) is 0.812. The Balaban J connectivity index is 2.48. The molecule has 0 aromatic carbocycles. The van der Waals surface area contributed by atoms with Crippen LogP contribution < -0.4 is 0 Å². The first kappa shape index (κ1) is 17.7. The molecule has 0 unspecified atom stereocenters. The molecule has 2 fully saturated rings. The van der Waals surface area contributed by atoms with Gasteiger partial charge in [0.05, 0.1) is 21.3 Å². The molecule has 1 saturated carbocycles. The minimum absolute atomic E-state index is 0.263. The molecule has 7 heteroatoms. The maximum atomic E-state index is 12.4. The Labute approximate surface area is 135 Å². The standard InChI is InChI=1S/C16H24O7/c1-20-13(17)12-10-8-6-4-5-7-9-11(10)16(23-12,14(18)21-2)15(19)22-3/h10-12H,4-9H2,1-3H3/t10-,11+,12+/m0/s1. The fourth-order valence-electron chi connectivity index (χ4n) is 3.88. The molecule has 0 spiro atoms. The lowest BCUT2D eigenvalue weighted by molar-refractivity contribution is -0.193. The number of carbonyl (C=O) groups excluding carboxylic acids is 3. The first-order chi connectivity index (χ1) is 11.0. The Bertz CT molecular complexity index is 457. The second-order valence-corrected chi connectivity index (χ2v) is 6.04. The van der Waals surface area contributed by atoms with Crippen LogP contribution in [0.2, 0.25) is 0 Å². The lowest BCUT2D eigenvalue weighted by Gasteiger charge is -2.31. The normalized spacial score (nSPS) is 29.6. The minimum atomic E-state index is -1.88. The van der Waals surface area contributed by atoms with Crippen LogP contribution in [-0.4, -0.2) is 50.9 Å². The van der Waals surface area contributed by atoms with Crippen LogP contribution in [-0.2, 0) is 33.3 Å². The SMILES string of the molecule is COC(=O)[C@@H]1OC(C(=O)OC)(C(=O)OC)[C@@H]2CCCCCC[C@@H]21. The summed E-state index contributed by atoms with van der Waals surface area (Å²) in [6.45, 7) is 0. The van der Waals surface area contributed by atoms with Crippen molar-refractivity contribution in [2.45, 2.75) is 50.2 Å². The van der Waals surface area contributed by atoms with Gasteiger partial charge in [0.2, 0.25) is 0 Å². The molecule has 0 amide bonds. The number of esters is 3. The van der Waals surface area contributed by atoms with E-state index in [0.717, 1.165) is 25.7 Å². The first-order valence-corrected chi connectivity index (χ1v) is 7.95. The van der Waals surface area contributed by atoms with E-state index in [1.54, 1.807) is 0 Å². The maximum Gasteiger partial charge on any atom is 0.350 e. The molecule has 1 aliphatic heterocycles. The highest BCUT2D eigenvalue weighted by Crippen LogP contribution is 2.48. The number of methoxy groups -OCH3 is 3. The van der Waals surface area contributed by atoms with Gasteiger partial charge in [0.1, 0.15) is 0 Å². The van der Waals surface area contributed by atoms with E-state index in [2.05, 4.69) is 0 Å². The van der Waals surface area contributed by atoms with Crippen molar-refractivity contribution in [2.75, 3.05) is 21.3 Å². The third kappa shape index (κ3) is 2.94. The van der Waals surface area contributed by atoms with Crippen LogP contribution in [0, 0.1) is 11.8 Å². The lowest BCUT2D eigenvalue weighted by Crippen LogP contribution is -2.53. The van der Waals surface area contributed by atoms with Gasteiger partial charge in [-0.3, -0.25) is 0 Å². The number of rotatable bonds is 3. The number of ether oxygens (including phenoxy) is 4. The van der Waals surface area contributed by atoms with Crippen molar-refractivity contribution in [3.63, 3.8) is 0 Å². The Morgan fingerprint density at radius 3 is 1.96 bits per heavy atom. The summed E-state index contributed by atoms with van der Waals surface area (Å²) in [5, 5.41) is 0. The summed E-state index contributed by atoms with van der Waals surface area (Å²) < 4.78 is 20.2. The van der Waals surface area contributed by atoms with E-state index < -0.39 is 35.5 Å². The van der Waals surface area contributed by atoms with Gasteiger partial charge >= 0.3 is 17.9 Å². The highest BCUT2D eigenvalue weighted by molar-refractivity contribution is 6.05. The summed E-state index contributed by atoms with van der Waals surface area (Å²) in [4.78, 5) is 37.0. The second kappa shape index (κ2) is 7.29. The third-order valence-electron chi connectivity index (χ3n) is 4.95. The highest BCUT2D eigenvalue weighted by Gasteiger charge is 2.66. The van der Waals surface area contributed by atoms with Crippen LogP contribution in [0.25, 0.3) is 0 Å².